The summed E-state index contributed by atoms with van der Waals surface area (Å²) in [5, 5.41) is 0. The third kappa shape index (κ3) is 3.55. The fraction of sp³-hybridized carbons (Fsp3) is 0. The summed E-state index contributed by atoms with van der Waals surface area (Å²) in [6.07, 6.45) is 0. The van der Waals surface area contributed by atoms with Gasteiger partial charge in [-0.2, -0.15) is 0 Å². The number of imidazole rings is 1. The SMILES string of the molecule is O=c1[nH]c(=O)[nH]c(=O)[nH]1.c1ccc(-c2nc3ccccc3[nH]2)cc1. The molecule has 8 nitrogen and oxygen atoms in total. The highest BCUT2D eigenvalue weighted by Crippen LogP contribution is 2.19. The van der Waals surface area contributed by atoms with E-state index in [0.717, 1.165) is 22.4 Å². The lowest BCUT2D eigenvalue weighted by molar-refractivity contribution is 0.888. The summed E-state index contributed by atoms with van der Waals surface area (Å²) in [4.78, 5) is 43.7. The van der Waals surface area contributed by atoms with Gasteiger partial charge in [-0.3, -0.25) is 15.0 Å². The van der Waals surface area contributed by atoms with Crippen LogP contribution in [0.2, 0.25) is 0 Å². The van der Waals surface area contributed by atoms with E-state index in [1.807, 2.05) is 42.5 Å². The molecule has 2 aromatic heterocycles. The lowest BCUT2D eigenvalue weighted by Crippen LogP contribution is -2.34. The molecule has 0 saturated heterocycles. The van der Waals surface area contributed by atoms with E-state index < -0.39 is 17.1 Å². The molecule has 0 aliphatic rings. The van der Waals surface area contributed by atoms with Gasteiger partial charge in [0.15, 0.2) is 0 Å². The second-order valence-electron chi connectivity index (χ2n) is 4.83. The number of aromatic nitrogens is 5. The van der Waals surface area contributed by atoms with E-state index in [1.165, 1.54) is 0 Å². The summed E-state index contributed by atoms with van der Waals surface area (Å²) < 4.78 is 0. The highest BCUT2D eigenvalue weighted by Gasteiger charge is 2.02. The van der Waals surface area contributed by atoms with Crippen LogP contribution in [-0.4, -0.2) is 24.9 Å². The maximum atomic E-state index is 10.2. The van der Waals surface area contributed by atoms with Crippen molar-refractivity contribution in [2.75, 3.05) is 0 Å². The second kappa shape index (κ2) is 6.61. The van der Waals surface area contributed by atoms with E-state index in [4.69, 9.17) is 0 Å². The first-order chi connectivity index (χ1) is 11.6. The molecule has 2 aromatic carbocycles. The monoisotopic (exact) mass is 323 g/mol. The van der Waals surface area contributed by atoms with Crippen molar-refractivity contribution in [1.82, 2.24) is 24.9 Å². The fourth-order valence-corrected chi connectivity index (χ4v) is 2.09. The Kier molecular flexibility index (Phi) is 4.19. The van der Waals surface area contributed by atoms with E-state index in [-0.39, 0.29) is 0 Å². The molecule has 8 heteroatoms. The summed E-state index contributed by atoms with van der Waals surface area (Å²) in [6, 6.07) is 18.2. The van der Waals surface area contributed by atoms with Gasteiger partial charge < -0.3 is 4.98 Å². The highest BCUT2D eigenvalue weighted by atomic mass is 16.2. The molecule has 0 spiro atoms. The largest absolute Gasteiger partial charge is 0.338 e. The molecular formula is C16H13N5O3. The van der Waals surface area contributed by atoms with Crippen LogP contribution in [0.4, 0.5) is 0 Å². The summed E-state index contributed by atoms with van der Waals surface area (Å²) >= 11 is 0. The Balaban J connectivity index is 0.000000162. The van der Waals surface area contributed by atoms with E-state index in [1.54, 1.807) is 15.0 Å². The molecular weight excluding hydrogens is 310 g/mol. The Morgan fingerprint density at radius 2 is 1.17 bits per heavy atom. The molecule has 120 valence electrons. The molecule has 0 saturated carbocycles. The summed E-state index contributed by atoms with van der Waals surface area (Å²) in [6.45, 7) is 0. The number of fused-ring (bicyclic) bond motifs is 1. The third-order valence-corrected chi connectivity index (χ3v) is 3.12. The zero-order valence-corrected chi connectivity index (χ0v) is 12.4. The quantitative estimate of drug-likeness (QED) is 0.416. The summed E-state index contributed by atoms with van der Waals surface area (Å²) in [5.41, 5.74) is 0.803. The predicted molar refractivity (Wildman–Crippen MR) is 89.8 cm³/mol. The first-order valence-corrected chi connectivity index (χ1v) is 7.05. The molecule has 24 heavy (non-hydrogen) atoms. The van der Waals surface area contributed by atoms with E-state index in [0.29, 0.717) is 0 Å². The average Bonchev–Trinajstić information content (AvgIpc) is 2.99. The van der Waals surface area contributed by atoms with Gasteiger partial charge in [0, 0.05) is 5.56 Å². The molecule has 0 fully saturated rings. The number of aromatic amines is 4. The maximum Gasteiger partial charge on any atom is 0.330 e. The van der Waals surface area contributed by atoms with Gasteiger partial charge in [-0.1, -0.05) is 42.5 Å². The molecule has 0 aliphatic heterocycles. The van der Waals surface area contributed by atoms with Crippen LogP contribution in [0.3, 0.4) is 0 Å². The lowest BCUT2D eigenvalue weighted by atomic mass is 10.2. The normalized spacial score (nSPS) is 10.2. The van der Waals surface area contributed by atoms with Crippen LogP contribution in [0.1, 0.15) is 0 Å². The van der Waals surface area contributed by atoms with E-state index in [9.17, 15) is 14.4 Å². The minimum atomic E-state index is -0.802. The average molecular weight is 323 g/mol. The Morgan fingerprint density at radius 1 is 0.625 bits per heavy atom. The van der Waals surface area contributed by atoms with Crippen molar-refractivity contribution in [3.63, 3.8) is 0 Å². The molecule has 0 atom stereocenters. The van der Waals surface area contributed by atoms with Crippen LogP contribution in [-0.2, 0) is 0 Å². The first kappa shape index (κ1) is 15.2. The van der Waals surface area contributed by atoms with Gasteiger partial charge in [0.1, 0.15) is 5.82 Å². The molecule has 0 amide bonds. The van der Waals surface area contributed by atoms with Crippen LogP contribution in [0, 0.1) is 0 Å². The summed E-state index contributed by atoms with van der Waals surface area (Å²) in [7, 11) is 0. The van der Waals surface area contributed by atoms with Gasteiger partial charge in [0.25, 0.3) is 0 Å². The zero-order valence-electron chi connectivity index (χ0n) is 12.4. The zero-order chi connectivity index (χ0) is 16.9. The van der Waals surface area contributed by atoms with Gasteiger partial charge in [-0.15, -0.1) is 0 Å². The number of benzene rings is 2. The second-order valence-corrected chi connectivity index (χ2v) is 4.83. The van der Waals surface area contributed by atoms with Gasteiger partial charge >= 0.3 is 17.1 Å². The maximum absolute atomic E-state index is 10.2. The molecule has 4 aromatic rings. The third-order valence-electron chi connectivity index (χ3n) is 3.12. The van der Waals surface area contributed by atoms with Crippen molar-refractivity contribution in [2.24, 2.45) is 0 Å². The van der Waals surface area contributed by atoms with E-state index >= 15 is 0 Å². The van der Waals surface area contributed by atoms with Gasteiger partial charge in [-0.25, -0.2) is 19.4 Å². The lowest BCUT2D eigenvalue weighted by Gasteiger charge is -1.93. The topological polar surface area (TPSA) is 127 Å². The Hall–Kier alpha value is -3.68. The molecule has 0 unspecified atom stereocenters. The Labute approximate surface area is 134 Å². The smallest absolute Gasteiger partial charge is 0.330 e. The van der Waals surface area contributed by atoms with Crippen LogP contribution in [0.25, 0.3) is 22.4 Å². The van der Waals surface area contributed by atoms with Gasteiger partial charge in [-0.05, 0) is 12.1 Å². The van der Waals surface area contributed by atoms with Crippen molar-refractivity contribution in [3.8, 4) is 11.4 Å². The molecule has 2 heterocycles. The standard InChI is InChI=1S/C13H10N2.C3H3N3O3/c1-2-6-10(7-3-1)13-14-11-8-4-5-9-12(11)15-13;7-1-4-2(8)6-3(9)5-1/h1-9H,(H,14,15);(H3,4,5,6,7,8,9). The minimum Gasteiger partial charge on any atom is -0.338 e. The fourth-order valence-electron chi connectivity index (χ4n) is 2.09. The number of H-pyrrole nitrogens is 4. The number of hydrogen-bond donors (Lipinski definition) is 4. The molecule has 0 aliphatic carbocycles. The van der Waals surface area contributed by atoms with Gasteiger partial charge in [0.2, 0.25) is 0 Å². The first-order valence-electron chi connectivity index (χ1n) is 7.05. The Bertz CT molecular complexity index is 1010. The minimum absolute atomic E-state index is 0.802. The van der Waals surface area contributed by atoms with Crippen molar-refractivity contribution < 1.29 is 0 Å². The number of hydrogen-bond acceptors (Lipinski definition) is 4. The molecule has 4 N–H and O–H groups in total. The number of para-hydroxylation sites is 2. The number of rotatable bonds is 1. The van der Waals surface area contributed by atoms with Crippen molar-refractivity contribution >= 4 is 11.0 Å². The van der Waals surface area contributed by atoms with Crippen molar-refractivity contribution in [2.45, 2.75) is 0 Å². The number of nitrogens with zero attached hydrogens (tertiary/aromatic N) is 1. The molecule has 0 bridgehead atoms. The molecule has 0 radical (unpaired) electrons. The van der Waals surface area contributed by atoms with Crippen molar-refractivity contribution in [1.29, 1.82) is 0 Å². The van der Waals surface area contributed by atoms with Crippen LogP contribution in [0.15, 0.2) is 69.0 Å². The number of nitrogens with one attached hydrogen (secondary N) is 4. The highest BCUT2D eigenvalue weighted by molar-refractivity contribution is 5.79. The molecule has 4 rings (SSSR count). The van der Waals surface area contributed by atoms with Gasteiger partial charge in [0.05, 0.1) is 11.0 Å². The van der Waals surface area contributed by atoms with Crippen molar-refractivity contribution in [3.05, 3.63) is 86.1 Å². The predicted octanol–water partition coefficient (Wildman–Crippen LogP) is 0.981. The van der Waals surface area contributed by atoms with Crippen LogP contribution < -0.4 is 17.1 Å². The summed E-state index contributed by atoms with van der Waals surface area (Å²) in [5.74, 6) is 0.928. The van der Waals surface area contributed by atoms with Crippen LogP contribution >= 0.6 is 0 Å². The van der Waals surface area contributed by atoms with E-state index in [2.05, 4.69) is 22.1 Å². The van der Waals surface area contributed by atoms with Crippen LogP contribution in [0.5, 0.6) is 0 Å². The Morgan fingerprint density at radius 3 is 1.75 bits per heavy atom.